The molecule has 4 rings (SSSR count). The maximum Gasteiger partial charge on any atom is 0.390 e. The summed E-state index contributed by atoms with van der Waals surface area (Å²) in [7, 11) is 0. The normalized spacial score (nSPS) is 20.5. The van der Waals surface area contributed by atoms with Crippen molar-refractivity contribution in [1.82, 2.24) is 0 Å². The van der Waals surface area contributed by atoms with Crippen molar-refractivity contribution in [2.45, 2.75) is 26.7 Å². The number of hydrogen-bond acceptors (Lipinski definition) is 6. The molecule has 2 aromatic rings. The van der Waals surface area contributed by atoms with Crippen molar-refractivity contribution in [3.63, 3.8) is 0 Å². The first-order valence-electron chi connectivity index (χ1n) is 8.69. The molecular formula is C20H20N2O4. The number of ether oxygens (including phenoxy) is 2. The molecule has 0 saturated heterocycles. The number of aryl methyl sites for hydroxylation is 1. The molecule has 0 fully saturated rings. The lowest BCUT2D eigenvalue weighted by Gasteiger charge is -2.28. The van der Waals surface area contributed by atoms with Crippen LogP contribution in [0, 0.1) is 6.92 Å². The summed E-state index contributed by atoms with van der Waals surface area (Å²) in [6, 6.07) is 13.3. The number of oxime groups is 1. The predicted molar refractivity (Wildman–Crippen MR) is 97.6 cm³/mol. The Balaban J connectivity index is 1.79. The van der Waals surface area contributed by atoms with Crippen LogP contribution < -0.4 is 9.64 Å². The number of anilines is 1. The van der Waals surface area contributed by atoms with Gasteiger partial charge in [-0.25, -0.2) is 0 Å². The summed E-state index contributed by atoms with van der Waals surface area (Å²) in [5, 5.41) is 4.18. The van der Waals surface area contributed by atoms with Crippen LogP contribution in [0.3, 0.4) is 0 Å². The fourth-order valence-electron chi connectivity index (χ4n) is 3.34. The molecule has 2 aliphatic rings. The van der Waals surface area contributed by atoms with Gasteiger partial charge in [-0.1, -0.05) is 16.8 Å². The molecule has 0 saturated carbocycles. The molecule has 26 heavy (non-hydrogen) atoms. The van der Waals surface area contributed by atoms with E-state index in [0.29, 0.717) is 24.6 Å². The van der Waals surface area contributed by atoms with E-state index >= 15 is 0 Å². The Bertz CT molecular complexity index is 891. The van der Waals surface area contributed by atoms with E-state index in [0.717, 1.165) is 22.6 Å². The molecule has 0 unspecified atom stereocenters. The molecule has 2 heterocycles. The van der Waals surface area contributed by atoms with Gasteiger partial charge in [-0.2, -0.15) is 0 Å². The summed E-state index contributed by atoms with van der Waals surface area (Å²) < 4.78 is 11.3. The number of rotatable bonds is 5. The average molecular weight is 352 g/mol. The Labute approximate surface area is 152 Å². The highest BCUT2D eigenvalue weighted by Gasteiger charge is 2.61. The number of benzene rings is 2. The van der Waals surface area contributed by atoms with Crippen molar-refractivity contribution < 1.29 is 19.1 Å². The third-order valence-electron chi connectivity index (χ3n) is 4.45. The van der Waals surface area contributed by atoms with Crippen LogP contribution in [-0.4, -0.2) is 30.7 Å². The molecule has 0 radical (unpaired) electrons. The van der Waals surface area contributed by atoms with Crippen LogP contribution in [0.25, 0.3) is 0 Å². The zero-order valence-corrected chi connectivity index (χ0v) is 15.0. The van der Waals surface area contributed by atoms with Crippen LogP contribution in [0.2, 0.25) is 0 Å². The number of Topliss-reactive ketones (excluding diaryl/α,β-unsaturated/α-hetero) is 1. The second kappa shape index (κ2) is 6.14. The maximum absolute atomic E-state index is 13.1. The fraction of sp³-hybridized carbons (Fsp3) is 0.300. The number of carbonyl (C=O) groups excluding carboxylic acids is 1. The summed E-state index contributed by atoms with van der Waals surface area (Å²) in [6.07, 6.45) is 0. The van der Waals surface area contributed by atoms with E-state index in [9.17, 15) is 4.79 Å². The molecular weight excluding hydrogens is 332 g/mol. The van der Waals surface area contributed by atoms with E-state index < -0.39 is 5.91 Å². The number of fused-ring (bicyclic) bond motifs is 3. The number of carbonyl (C=O) groups is 1. The van der Waals surface area contributed by atoms with Crippen molar-refractivity contribution >= 4 is 17.3 Å². The van der Waals surface area contributed by atoms with Gasteiger partial charge >= 0.3 is 5.91 Å². The quantitative estimate of drug-likeness (QED) is 0.824. The molecule has 0 aliphatic carbocycles. The van der Waals surface area contributed by atoms with E-state index in [4.69, 9.17) is 14.3 Å². The van der Waals surface area contributed by atoms with Gasteiger partial charge in [0.2, 0.25) is 0 Å². The van der Waals surface area contributed by atoms with Gasteiger partial charge in [0.15, 0.2) is 5.84 Å². The first-order valence-corrected chi connectivity index (χ1v) is 8.69. The third-order valence-corrected chi connectivity index (χ3v) is 4.45. The average Bonchev–Trinajstić information content (AvgIpc) is 3.12. The second-order valence-electron chi connectivity index (χ2n) is 6.16. The molecule has 6 heteroatoms. The largest absolute Gasteiger partial charge is 0.494 e. The topological polar surface area (TPSA) is 60.4 Å². The summed E-state index contributed by atoms with van der Waals surface area (Å²) >= 11 is 0. The zero-order chi connectivity index (χ0) is 18.3. The first-order chi connectivity index (χ1) is 12.6. The molecule has 0 aromatic heterocycles. The van der Waals surface area contributed by atoms with Crippen molar-refractivity contribution in [1.29, 1.82) is 0 Å². The van der Waals surface area contributed by atoms with Crippen molar-refractivity contribution in [3.8, 4) is 5.75 Å². The van der Waals surface area contributed by atoms with Gasteiger partial charge in [-0.3, -0.25) is 9.69 Å². The van der Waals surface area contributed by atoms with Crippen LogP contribution >= 0.6 is 0 Å². The lowest BCUT2D eigenvalue weighted by Crippen LogP contribution is -2.52. The lowest BCUT2D eigenvalue weighted by atomic mass is 10.1. The van der Waals surface area contributed by atoms with Crippen LogP contribution in [0.5, 0.6) is 5.75 Å². The molecule has 0 spiro atoms. The standard InChI is InChI=1S/C20H20N2O4/c1-4-24-15-9-7-14(8-10-15)19-21-26-20(25-5-2)18(23)16-12-13(3)6-11-17(16)22(19)20/h6-12H,4-5H2,1-3H3/t20-/m0/s1. The maximum atomic E-state index is 13.1. The number of nitrogens with zero attached hydrogens (tertiary/aromatic N) is 2. The van der Waals surface area contributed by atoms with Crippen LogP contribution in [0.1, 0.15) is 35.3 Å². The minimum absolute atomic E-state index is 0.234. The van der Waals surface area contributed by atoms with E-state index in [1.807, 2.05) is 63.2 Å². The minimum atomic E-state index is -1.56. The second-order valence-corrected chi connectivity index (χ2v) is 6.16. The minimum Gasteiger partial charge on any atom is -0.494 e. The van der Waals surface area contributed by atoms with Crippen LogP contribution in [0.4, 0.5) is 5.69 Å². The van der Waals surface area contributed by atoms with Crippen LogP contribution in [0.15, 0.2) is 47.6 Å². The van der Waals surface area contributed by atoms with Gasteiger partial charge < -0.3 is 14.3 Å². The summed E-state index contributed by atoms with van der Waals surface area (Å²) in [5.41, 5.74) is 3.14. The zero-order valence-electron chi connectivity index (χ0n) is 15.0. The fourth-order valence-corrected chi connectivity index (χ4v) is 3.34. The van der Waals surface area contributed by atoms with Crippen molar-refractivity contribution in [3.05, 3.63) is 59.2 Å². The molecule has 0 N–H and O–H groups in total. The van der Waals surface area contributed by atoms with Gasteiger partial charge in [0.1, 0.15) is 5.75 Å². The summed E-state index contributed by atoms with van der Waals surface area (Å²) in [4.78, 5) is 20.4. The van der Waals surface area contributed by atoms with Gasteiger partial charge in [-0.15, -0.1) is 0 Å². The molecule has 0 amide bonds. The van der Waals surface area contributed by atoms with Crippen molar-refractivity contribution in [2.24, 2.45) is 5.16 Å². The molecule has 0 bridgehead atoms. The van der Waals surface area contributed by atoms with Gasteiger partial charge in [0, 0.05) is 5.56 Å². The van der Waals surface area contributed by atoms with Crippen molar-refractivity contribution in [2.75, 3.05) is 18.1 Å². The van der Waals surface area contributed by atoms with Gasteiger partial charge in [-0.05, 0) is 57.2 Å². The monoisotopic (exact) mass is 352 g/mol. The smallest absolute Gasteiger partial charge is 0.390 e. The lowest BCUT2D eigenvalue weighted by molar-refractivity contribution is -0.178. The van der Waals surface area contributed by atoms with Gasteiger partial charge in [0.05, 0.1) is 24.5 Å². The highest BCUT2D eigenvalue weighted by molar-refractivity contribution is 6.24. The summed E-state index contributed by atoms with van der Waals surface area (Å²) in [6.45, 7) is 6.64. The van der Waals surface area contributed by atoms with E-state index in [1.165, 1.54) is 0 Å². The summed E-state index contributed by atoms with van der Waals surface area (Å²) in [5.74, 6) is -0.473. The Morgan fingerprint density at radius 2 is 1.88 bits per heavy atom. The van der Waals surface area contributed by atoms with E-state index in [-0.39, 0.29) is 5.78 Å². The number of hydrogen-bond donors (Lipinski definition) is 0. The Kier molecular flexibility index (Phi) is 3.92. The van der Waals surface area contributed by atoms with Crippen LogP contribution in [-0.2, 0) is 9.57 Å². The highest BCUT2D eigenvalue weighted by Crippen LogP contribution is 2.45. The molecule has 6 nitrogen and oxygen atoms in total. The Hall–Kier alpha value is -2.86. The van der Waals surface area contributed by atoms with Gasteiger partial charge in [0.25, 0.3) is 5.78 Å². The SMILES string of the molecule is CCOc1ccc(C2=NO[C@@]3(OCC)C(=O)c4cc(C)ccc4N23)cc1. The predicted octanol–water partition coefficient (Wildman–Crippen LogP) is 3.48. The Morgan fingerprint density at radius 3 is 2.58 bits per heavy atom. The Morgan fingerprint density at radius 1 is 1.12 bits per heavy atom. The molecule has 134 valence electrons. The third kappa shape index (κ3) is 2.29. The molecule has 2 aromatic carbocycles. The highest BCUT2D eigenvalue weighted by atomic mass is 16.8. The van der Waals surface area contributed by atoms with E-state index in [1.54, 1.807) is 4.90 Å². The molecule has 1 atom stereocenters. The molecule has 2 aliphatic heterocycles. The first kappa shape index (κ1) is 16.6. The number of amidine groups is 1. The number of ketones is 1. The van der Waals surface area contributed by atoms with E-state index in [2.05, 4.69) is 5.16 Å².